The van der Waals surface area contributed by atoms with Crippen LogP contribution in [0, 0.1) is 19.8 Å². The molecule has 0 spiro atoms. The molecule has 6 heteroatoms. The third kappa shape index (κ3) is 4.36. The Morgan fingerprint density at radius 3 is 2.37 bits per heavy atom. The first-order chi connectivity index (χ1) is 12.5. The zero-order valence-corrected chi connectivity index (χ0v) is 18.7. The normalized spacial score (nSPS) is 27.4. The van der Waals surface area contributed by atoms with Crippen molar-refractivity contribution >= 4 is 22.0 Å². The van der Waals surface area contributed by atoms with E-state index < -0.39 is 11.4 Å². The first-order valence-electron chi connectivity index (χ1n) is 9.66. The topological polar surface area (TPSA) is 56.8 Å². The molecule has 150 valence electrons. The summed E-state index contributed by atoms with van der Waals surface area (Å²) >= 11 is 3.60. The largest absolute Gasteiger partial charge is 0.448 e. The summed E-state index contributed by atoms with van der Waals surface area (Å²) in [5, 5.41) is 2.99. The quantitative estimate of drug-likeness (QED) is 0.647. The second-order valence-corrected chi connectivity index (χ2v) is 9.73. The summed E-state index contributed by atoms with van der Waals surface area (Å²) in [7, 11) is 0. The molecule has 1 aromatic carbocycles. The van der Waals surface area contributed by atoms with Gasteiger partial charge in [0, 0.05) is 18.9 Å². The van der Waals surface area contributed by atoms with Crippen molar-refractivity contribution in [3.63, 3.8) is 0 Å². The molecular formula is C21H30BrNO4. The van der Waals surface area contributed by atoms with Crippen LogP contribution < -0.4 is 14.8 Å². The van der Waals surface area contributed by atoms with Gasteiger partial charge in [-0.3, -0.25) is 0 Å². The number of halogens is 1. The highest BCUT2D eigenvalue weighted by Crippen LogP contribution is 2.51. The fraction of sp³-hybridized carbons (Fsp3) is 0.667. The minimum absolute atomic E-state index is 0.138. The lowest BCUT2D eigenvalue weighted by Crippen LogP contribution is -2.48. The van der Waals surface area contributed by atoms with Crippen LogP contribution in [0.1, 0.15) is 64.5 Å². The van der Waals surface area contributed by atoms with Crippen molar-refractivity contribution in [2.75, 3.05) is 0 Å². The summed E-state index contributed by atoms with van der Waals surface area (Å²) in [5.41, 5.74) is 1.83. The van der Waals surface area contributed by atoms with Crippen molar-refractivity contribution in [2.24, 2.45) is 5.92 Å². The SMILES string of the molecule is Cc1cc(Br)c2c(c1C)OC(C)([C@H]1CC[C@H](NC(=O)OC(C)(C)C)CC1)O2. The smallest absolute Gasteiger partial charge is 0.407 e. The molecule has 1 unspecified atom stereocenters. The van der Waals surface area contributed by atoms with Crippen LogP contribution in [0.4, 0.5) is 4.79 Å². The molecule has 0 bridgehead atoms. The maximum Gasteiger partial charge on any atom is 0.407 e. The van der Waals surface area contributed by atoms with Gasteiger partial charge in [0.1, 0.15) is 5.60 Å². The molecule has 3 rings (SSSR count). The van der Waals surface area contributed by atoms with Gasteiger partial charge in [-0.25, -0.2) is 4.79 Å². The summed E-state index contributed by atoms with van der Waals surface area (Å²) < 4.78 is 18.9. The number of hydrogen-bond acceptors (Lipinski definition) is 4. The van der Waals surface area contributed by atoms with E-state index in [1.54, 1.807) is 0 Å². The zero-order valence-electron chi connectivity index (χ0n) is 17.1. The third-order valence-corrected chi connectivity index (χ3v) is 6.09. The highest BCUT2D eigenvalue weighted by Gasteiger charge is 2.47. The monoisotopic (exact) mass is 439 g/mol. The first-order valence-corrected chi connectivity index (χ1v) is 10.4. The molecule has 1 amide bonds. The number of carbonyl (C=O) groups excluding carboxylic acids is 1. The van der Waals surface area contributed by atoms with Crippen molar-refractivity contribution in [3.8, 4) is 11.5 Å². The molecule has 1 heterocycles. The van der Waals surface area contributed by atoms with Crippen LogP contribution in [0.25, 0.3) is 0 Å². The Labute approximate surface area is 170 Å². The number of rotatable bonds is 2. The highest BCUT2D eigenvalue weighted by atomic mass is 79.9. The highest BCUT2D eigenvalue weighted by molar-refractivity contribution is 9.10. The molecule has 1 fully saturated rings. The average Bonchev–Trinajstić information content (AvgIpc) is 2.91. The van der Waals surface area contributed by atoms with Crippen LogP contribution in [0.15, 0.2) is 10.5 Å². The van der Waals surface area contributed by atoms with Crippen LogP contribution in [0.5, 0.6) is 11.5 Å². The van der Waals surface area contributed by atoms with Gasteiger partial charge in [-0.15, -0.1) is 0 Å². The number of nitrogens with one attached hydrogen (secondary N) is 1. The van der Waals surface area contributed by atoms with E-state index in [1.165, 1.54) is 5.56 Å². The summed E-state index contributed by atoms with van der Waals surface area (Å²) in [6, 6.07) is 2.21. The van der Waals surface area contributed by atoms with Gasteiger partial charge >= 0.3 is 6.09 Å². The fourth-order valence-electron chi connectivity index (χ4n) is 3.87. The van der Waals surface area contributed by atoms with E-state index in [9.17, 15) is 4.79 Å². The van der Waals surface area contributed by atoms with Gasteiger partial charge in [0.15, 0.2) is 11.5 Å². The number of amides is 1. The van der Waals surface area contributed by atoms with Crippen molar-refractivity contribution in [1.29, 1.82) is 0 Å². The molecule has 1 atom stereocenters. The minimum atomic E-state index is -0.666. The molecular weight excluding hydrogens is 410 g/mol. The Morgan fingerprint density at radius 2 is 1.78 bits per heavy atom. The molecule has 0 saturated heterocycles. The van der Waals surface area contributed by atoms with Gasteiger partial charge in [-0.05, 0) is 93.4 Å². The average molecular weight is 440 g/mol. The van der Waals surface area contributed by atoms with Crippen LogP contribution in [0.2, 0.25) is 0 Å². The van der Waals surface area contributed by atoms with Crippen LogP contribution in [0.3, 0.4) is 0 Å². The van der Waals surface area contributed by atoms with E-state index >= 15 is 0 Å². The maximum atomic E-state index is 12.0. The van der Waals surface area contributed by atoms with Crippen LogP contribution >= 0.6 is 15.9 Å². The molecule has 1 aromatic rings. The van der Waals surface area contributed by atoms with Crippen molar-refractivity contribution in [2.45, 2.75) is 84.7 Å². The van der Waals surface area contributed by atoms with E-state index in [0.717, 1.165) is 47.2 Å². The third-order valence-electron chi connectivity index (χ3n) is 5.50. The van der Waals surface area contributed by atoms with Crippen LogP contribution in [-0.4, -0.2) is 23.5 Å². The number of ether oxygens (including phenoxy) is 3. The van der Waals surface area contributed by atoms with Gasteiger partial charge in [0.2, 0.25) is 0 Å². The molecule has 1 N–H and O–H groups in total. The Hall–Kier alpha value is -1.43. The summed E-state index contributed by atoms with van der Waals surface area (Å²) in [5.74, 6) is 1.25. The standard InChI is InChI=1S/C21H30BrNO4/c1-12-11-16(22)18-17(13(12)2)25-21(6,26-18)14-7-9-15(10-8-14)23-19(24)27-20(3,4)5/h11,14-15H,7-10H2,1-6H3,(H,23,24)/t14-,15-,21?. The molecule has 0 aromatic heterocycles. The second-order valence-electron chi connectivity index (χ2n) is 8.87. The predicted octanol–water partition coefficient (Wildman–Crippen LogP) is 5.64. The summed E-state index contributed by atoms with van der Waals surface area (Å²) in [4.78, 5) is 12.0. The van der Waals surface area contributed by atoms with E-state index in [4.69, 9.17) is 14.2 Å². The van der Waals surface area contributed by atoms with Gasteiger partial charge in [0.25, 0.3) is 5.79 Å². The van der Waals surface area contributed by atoms with Gasteiger partial charge < -0.3 is 19.5 Å². The van der Waals surface area contributed by atoms with Crippen LogP contribution in [-0.2, 0) is 4.74 Å². The van der Waals surface area contributed by atoms with Gasteiger partial charge in [0.05, 0.1) is 4.47 Å². The Kier molecular flexibility index (Phi) is 5.41. The van der Waals surface area contributed by atoms with Crippen molar-refractivity contribution in [1.82, 2.24) is 5.32 Å². The number of carbonyl (C=O) groups is 1. The number of aryl methyl sites for hydroxylation is 1. The molecule has 1 aliphatic carbocycles. The van der Waals surface area contributed by atoms with E-state index in [2.05, 4.69) is 41.2 Å². The molecule has 27 heavy (non-hydrogen) atoms. The number of alkyl carbamates (subject to hydrolysis) is 1. The number of fused-ring (bicyclic) bond motifs is 1. The van der Waals surface area contributed by atoms with Crippen molar-refractivity contribution < 1.29 is 19.0 Å². The lowest BCUT2D eigenvalue weighted by atomic mass is 9.81. The van der Waals surface area contributed by atoms with Crippen molar-refractivity contribution in [3.05, 3.63) is 21.7 Å². The molecule has 1 aliphatic heterocycles. The van der Waals surface area contributed by atoms with Gasteiger partial charge in [-0.1, -0.05) is 0 Å². The second kappa shape index (κ2) is 7.19. The Morgan fingerprint density at radius 1 is 1.19 bits per heavy atom. The Bertz CT molecular complexity index is 735. The summed E-state index contributed by atoms with van der Waals surface area (Å²) in [6.07, 6.45) is 3.30. The fourth-order valence-corrected chi connectivity index (χ4v) is 4.47. The molecule has 1 saturated carbocycles. The van der Waals surface area contributed by atoms with Gasteiger partial charge in [-0.2, -0.15) is 0 Å². The van der Waals surface area contributed by atoms with E-state index in [1.807, 2.05) is 27.7 Å². The zero-order chi connectivity index (χ0) is 20.0. The summed E-state index contributed by atoms with van der Waals surface area (Å²) in [6.45, 7) is 11.8. The molecule has 2 aliphatic rings. The predicted molar refractivity (Wildman–Crippen MR) is 108 cm³/mol. The lowest BCUT2D eigenvalue weighted by Gasteiger charge is -2.37. The number of benzene rings is 1. The molecule has 0 radical (unpaired) electrons. The number of hydrogen-bond donors (Lipinski definition) is 1. The Balaban J connectivity index is 1.61. The maximum absolute atomic E-state index is 12.0. The molecule has 5 nitrogen and oxygen atoms in total. The van der Waals surface area contributed by atoms with E-state index in [0.29, 0.717) is 0 Å². The minimum Gasteiger partial charge on any atom is -0.448 e. The first kappa shape index (κ1) is 20.3. The lowest BCUT2D eigenvalue weighted by molar-refractivity contribution is -0.121. The van der Waals surface area contributed by atoms with E-state index in [-0.39, 0.29) is 18.1 Å².